The molecule has 0 saturated heterocycles. The average molecular weight is 266 g/mol. The molecule has 1 aromatic heterocycles. The van der Waals surface area contributed by atoms with Crippen LogP contribution >= 0.6 is 11.3 Å². The average Bonchev–Trinajstić information content (AvgIpc) is 2.99. The normalized spacial score (nSPS) is 16.8. The van der Waals surface area contributed by atoms with Gasteiger partial charge in [0.1, 0.15) is 0 Å². The van der Waals surface area contributed by atoms with Gasteiger partial charge in [0, 0.05) is 22.9 Å². The lowest BCUT2D eigenvalue weighted by atomic mass is 9.91. The van der Waals surface area contributed by atoms with Crippen molar-refractivity contribution in [3.05, 3.63) is 22.4 Å². The number of nitrogens with one attached hydrogen (secondary N) is 2. The van der Waals surface area contributed by atoms with Gasteiger partial charge < -0.3 is 10.6 Å². The molecule has 1 aliphatic carbocycles. The fourth-order valence-corrected chi connectivity index (χ4v) is 3.21. The first-order chi connectivity index (χ1) is 8.58. The Morgan fingerprint density at radius 3 is 2.78 bits per heavy atom. The summed E-state index contributed by atoms with van der Waals surface area (Å²) in [5, 5.41) is 8.12. The van der Waals surface area contributed by atoms with Crippen molar-refractivity contribution < 1.29 is 4.79 Å². The molecule has 0 unspecified atom stereocenters. The Hall–Kier alpha value is -1.03. The van der Waals surface area contributed by atoms with Gasteiger partial charge in [-0.1, -0.05) is 32.8 Å². The van der Waals surface area contributed by atoms with Crippen LogP contribution in [-0.4, -0.2) is 18.6 Å². The van der Waals surface area contributed by atoms with E-state index in [0.29, 0.717) is 12.6 Å². The summed E-state index contributed by atoms with van der Waals surface area (Å²) in [6, 6.07) is 4.54. The summed E-state index contributed by atoms with van der Waals surface area (Å²) in [4.78, 5) is 13.1. The maximum Gasteiger partial charge on any atom is 0.315 e. The lowest BCUT2D eigenvalue weighted by molar-refractivity contribution is 0.234. The van der Waals surface area contributed by atoms with Gasteiger partial charge in [0.05, 0.1) is 0 Å². The molecule has 2 rings (SSSR count). The van der Waals surface area contributed by atoms with E-state index in [4.69, 9.17) is 0 Å². The topological polar surface area (TPSA) is 41.1 Å². The number of carbonyl (C=O) groups excluding carboxylic acids is 1. The molecule has 4 heteroatoms. The van der Waals surface area contributed by atoms with Crippen LogP contribution in [0.5, 0.6) is 0 Å². The Morgan fingerprint density at radius 1 is 1.44 bits per heavy atom. The van der Waals surface area contributed by atoms with Crippen LogP contribution in [0.4, 0.5) is 4.79 Å². The molecule has 100 valence electrons. The van der Waals surface area contributed by atoms with Crippen molar-refractivity contribution in [2.24, 2.45) is 0 Å². The summed E-state index contributed by atoms with van der Waals surface area (Å²) >= 11 is 1.74. The second-order valence-corrected chi connectivity index (χ2v) is 6.62. The highest BCUT2D eigenvalue weighted by Gasteiger charge is 2.23. The van der Waals surface area contributed by atoms with Gasteiger partial charge in [-0.05, 0) is 24.3 Å². The second-order valence-electron chi connectivity index (χ2n) is 5.67. The molecule has 0 radical (unpaired) electrons. The molecule has 1 fully saturated rings. The van der Waals surface area contributed by atoms with Gasteiger partial charge in [0.15, 0.2) is 0 Å². The quantitative estimate of drug-likeness (QED) is 0.863. The lowest BCUT2D eigenvalue weighted by Crippen LogP contribution is -2.45. The number of hydrogen-bond acceptors (Lipinski definition) is 2. The minimum absolute atomic E-state index is 0.00117. The van der Waals surface area contributed by atoms with Gasteiger partial charge in [-0.25, -0.2) is 4.79 Å². The highest BCUT2D eigenvalue weighted by molar-refractivity contribution is 7.10. The third-order valence-electron chi connectivity index (χ3n) is 3.57. The van der Waals surface area contributed by atoms with Crippen molar-refractivity contribution >= 4 is 17.4 Å². The van der Waals surface area contributed by atoms with Gasteiger partial charge in [-0.15, -0.1) is 11.3 Å². The molecule has 0 aromatic carbocycles. The van der Waals surface area contributed by atoms with Crippen LogP contribution in [0, 0.1) is 0 Å². The van der Waals surface area contributed by atoms with E-state index in [1.54, 1.807) is 11.3 Å². The first kappa shape index (κ1) is 13.4. The zero-order valence-corrected chi connectivity index (χ0v) is 12.0. The highest BCUT2D eigenvalue weighted by Crippen LogP contribution is 2.26. The largest absolute Gasteiger partial charge is 0.337 e. The summed E-state index contributed by atoms with van der Waals surface area (Å²) < 4.78 is 0. The van der Waals surface area contributed by atoms with E-state index in [0.717, 1.165) is 12.8 Å². The maximum absolute atomic E-state index is 11.8. The SMILES string of the molecule is CC(C)(CNC(=O)NC1CCCC1)c1cccs1. The van der Waals surface area contributed by atoms with Crippen molar-refractivity contribution in [3.63, 3.8) is 0 Å². The predicted octanol–water partition coefficient (Wildman–Crippen LogP) is 3.27. The van der Waals surface area contributed by atoms with Crippen LogP contribution in [0.1, 0.15) is 44.4 Å². The fraction of sp³-hybridized carbons (Fsp3) is 0.643. The fourth-order valence-electron chi connectivity index (χ4n) is 2.36. The van der Waals surface area contributed by atoms with Gasteiger partial charge in [-0.2, -0.15) is 0 Å². The molecule has 0 bridgehead atoms. The van der Waals surface area contributed by atoms with Crippen LogP contribution in [0.15, 0.2) is 17.5 Å². The van der Waals surface area contributed by atoms with Crippen molar-refractivity contribution in [1.82, 2.24) is 10.6 Å². The Morgan fingerprint density at radius 2 is 2.17 bits per heavy atom. The molecule has 0 atom stereocenters. The van der Waals surface area contributed by atoms with E-state index in [-0.39, 0.29) is 11.4 Å². The van der Waals surface area contributed by atoms with Gasteiger partial charge in [0.25, 0.3) is 0 Å². The summed E-state index contributed by atoms with van der Waals surface area (Å²) in [6.45, 7) is 5.00. The minimum Gasteiger partial charge on any atom is -0.337 e. The number of rotatable bonds is 4. The Kier molecular flexibility index (Phi) is 4.27. The van der Waals surface area contributed by atoms with Crippen molar-refractivity contribution in [2.45, 2.75) is 51.0 Å². The molecule has 0 aliphatic heterocycles. The smallest absolute Gasteiger partial charge is 0.315 e. The predicted molar refractivity (Wildman–Crippen MR) is 76.1 cm³/mol. The van der Waals surface area contributed by atoms with E-state index in [9.17, 15) is 4.79 Å². The maximum atomic E-state index is 11.8. The number of thiophene rings is 1. The monoisotopic (exact) mass is 266 g/mol. The number of urea groups is 1. The van der Waals surface area contributed by atoms with Crippen LogP contribution in [0.3, 0.4) is 0 Å². The van der Waals surface area contributed by atoms with E-state index in [1.165, 1.54) is 17.7 Å². The molecule has 1 saturated carbocycles. The zero-order valence-electron chi connectivity index (χ0n) is 11.2. The first-order valence-electron chi connectivity index (χ1n) is 6.66. The second kappa shape index (κ2) is 5.74. The standard InChI is InChI=1S/C14H22N2OS/c1-14(2,12-8-5-9-18-12)10-15-13(17)16-11-6-3-4-7-11/h5,8-9,11H,3-4,6-7,10H2,1-2H3,(H2,15,16,17). The molecule has 2 N–H and O–H groups in total. The third-order valence-corrected chi connectivity index (χ3v) is 4.81. The number of carbonyl (C=O) groups is 1. The Labute approximate surface area is 113 Å². The molecular weight excluding hydrogens is 244 g/mol. The van der Waals surface area contributed by atoms with Crippen molar-refractivity contribution in [2.75, 3.05) is 6.54 Å². The third kappa shape index (κ3) is 3.48. The Balaban J connectivity index is 1.78. The summed E-state index contributed by atoms with van der Waals surface area (Å²) in [5.74, 6) is 0. The molecule has 3 nitrogen and oxygen atoms in total. The summed E-state index contributed by atoms with van der Waals surface area (Å²) in [5.41, 5.74) is 0.00117. The molecule has 1 aromatic rings. The minimum atomic E-state index is -0.0217. The van der Waals surface area contributed by atoms with E-state index in [2.05, 4.69) is 42.0 Å². The number of amides is 2. The molecule has 1 aliphatic rings. The van der Waals surface area contributed by atoms with Gasteiger partial charge in [0.2, 0.25) is 0 Å². The lowest BCUT2D eigenvalue weighted by Gasteiger charge is -2.24. The molecule has 0 spiro atoms. The van der Waals surface area contributed by atoms with Crippen LogP contribution in [-0.2, 0) is 5.41 Å². The van der Waals surface area contributed by atoms with Crippen LogP contribution < -0.4 is 10.6 Å². The summed E-state index contributed by atoms with van der Waals surface area (Å²) in [7, 11) is 0. The van der Waals surface area contributed by atoms with Gasteiger partial charge in [-0.3, -0.25) is 0 Å². The number of hydrogen-bond donors (Lipinski definition) is 2. The zero-order chi connectivity index (χ0) is 13.0. The molecular formula is C14H22N2OS. The molecule has 18 heavy (non-hydrogen) atoms. The Bertz CT molecular complexity index is 381. The van der Waals surface area contributed by atoms with Crippen molar-refractivity contribution in [1.29, 1.82) is 0 Å². The molecule has 1 heterocycles. The van der Waals surface area contributed by atoms with Crippen LogP contribution in [0.2, 0.25) is 0 Å². The first-order valence-corrected chi connectivity index (χ1v) is 7.54. The van der Waals surface area contributed by atoms with E-state index < -0.39 is 0 Å². The van der Waals surface area contributed by atoms with Crippen molar-refractivity contribution in [3.8, 4) is 0 Å². The van der Waals surface area contributed by atoms with E-state index in [1.807, 2.05) is 0 Å². The summed E-state index contributed by atoms with van der Waals surface area (Å²) in [6.07, 6.45) is 4.74. The van der Waals surface area contributed by atoms with E-state index >= 15 is 0 Å². The van der Waals surface area contributed by atoms with Gasteiger partial charge >= 0.3 is 6.03 Å². The molecule has 2 amide bonds. The highest BCUT2D eigenvalue weighted by atomic mass is 32.1. The van der Waals surface area contributed by atoms with Crippen LogP contribution in [0.25, 0.3) is 0 Å².